The monoisotopic (exact) mass is 267 g/mol. The van der Waals surface area contributed by atoms with Gasteiger partial charge in [0, 0.05) is 12.6 Å². The quantitative estimate of drug-likeness (QED) is 0.676. The molecule has 1 amide bonds. The number of nitrogens with zero attached hydrogens (tertiary/aromatic N) is 1. The standard InChI is InChI=1S/C13H17NO5/c15-7-13(8-1-2-8)10(17)6-12(19-13)14-4-3-9(16)5-11(14)18/h3-4,8,10,12,15,17H,1-2,5-7H2/t10-,12?,13-/m0/s1. The van der Waals surface area contributed by atoms with Crippen molar-refractivity contribution in [1.29, 1.82) is 0 Å². The van der Waals surface area contributed by atoms with Crippen molar-refractivity contribution in [3.63, 3.8) is 0 Å². The lowest BCUT2D eigenvalue weighted by molar-refractivity contribution is -0.164. The maximum absolute atomic E-state index is 11.8. The summed E-state index contributed by atoms with van der Waals surface area (Å²) in [6, 6.07) is 0. The van der Waals surface area contributed by atoms with Crippen molar-refractivity contribution >= 4 is 11.7 Å². The van der Waals surface area contributed by atoms with Crippen molar-refractivity contribution in [3.8, 4) is 0 Å². The Hall–Kier alpha value is -1.24. The average Bonchev–Trinajstić information content (AvgIpc) is 3.15. The first kappa shape index (κ1) is 12.8. The highest BCUT2D eigenvalue weighted by Crippen LogP contribution is 2.49. The van der Waals surface area contributed by atoms with E-state index >= 15 is 0 Å². The number of carbonyl (C=O) groups is 2. The zero-order chi connectivity index (χ0) is 13.6. The summed E-state index contributed by atoms with van der Waals surface area (Å²) in [7, 11) is 0. The van der Waals surface area contributed by atoms with Gasteiger partial charge in [-0.05, 0) is 24.8 Å². The van der Waals surface area contributed by atoms with Crippen LogP contribution in [0.1, 0.15) is 25.7 Å². The molecule has 3 rings (SSSR count). The third kappa shape index (κ3) is 2.00. The van der Waals surface area contributed by atoms with E-state index in [2.05, 4.69) is 0 Å². The number of rotatable bonds is 3. The molecule has 2 N–H and O–H groups in total. The van der Waals surface area contributed by atoms with Crippen LogP contribution in [0.25, 0.3) is 0 Å². The van der Waals surface area contributed by atoms with Gasteiger partial charge in [-0.1, -0.05) is 0 Å². The van der Waals surface area contributed by atoms with E-state index in [0.29, 0.717) is 0 Å². The topological polar surface area (TPSA) is 87.1 Å². The Morgan fingerprint density at radius 1 is 1.42 bits per heavy atom. The van der Waals surface area contributed by atoms with Crippen molar-refractivity contribution in [1.82, 2.24) is 4.90 Å². The highest BCUT2D eigenvalue weighted by Gasteiger charge is 2.57. The molecule has 0 aromatic heterocycles. The first-order chi connectivity index (χ1) is 9.06. The number of hydrogen-bond acceptors (Lipinski definition) is 5. The molecule has 2 aliphatic heterocycles. The van der Waals surface area contributed by atoms with Crippen molar-refractivity contribution in [2.45, 2.75) is 43.6 Å². The average molecular weight is 267 g/mol. The van der Waals surface area contributed by atoms with E-state index in [-0.39, 0.29) is 37.1 Å². The molecule has 1 saturated heterocycles. The van der Waals surface area contributed by atoms with Crippen molar-refractivity contribution in [2.75, 3.05) is 6.61 Å². The number of carbonyl (C=O) groups excluding carboxylic acids is 2. The third-order valence-corrected chi connectivity index (χ3v) is 4.20. The van der Waals surface area contributed by atoms with Crippen LogP contribution in [0.5, 0.6) is 0 Å². The molecule has 6 heteroatoms. The first-order valence-corrected chi connectivity index (χ1v) is 6.56. The lowest BCUT2D eigenvalue weighted by Gasteiger charge is -2.32. The largest absolute Gasteiger partial charge is 0.393 e. The molecule has 0 aromatic rings. The molecule has 0 aromatic carbocycles. The first-order valence-electron chi connectivity index (χ1n) is 6.56. The lowest BCUT2D eigenvalue weighted by atomic mass is 9.92. The van der Waals surface area contributed by atoms with Gasteiger partial charge in [0.2, 0.25) is 5.91 Å². The number of aliphatic hydroxyl groups is 2. The summed E-state index contributed by atoms with van der Waals surface area (Å²) >= 11 is 0. The second kappa shape index (κ2) is 4.40. The summed E-state index contributed by atoms with van der Waals surface area (Å²) < 4.78 is 5.82. The molecule has 2 heterocycles. The van der Waals surface area contributed by atoms with Gasteiger partial charge in [0.15, 0.2) is 5.78 Å². The second-order valence-electron chi connectivity index (χ2n) is 5.47. The molecule has 0 bridgehead atoms. The Morgan fingerprint density at radius 2 is 2.16 bits per heavy atom. The molecule has 1 aliphatic carbocycles. The summed E-state index contributed by atoms with van der Waals surface area (Å²) in [6.45, 7) is -0.250. The van der Waals surface area contributed by atoms with Crippen molar-refractivity contribution in [2.24, 2.45) is 5.92 Å². The minimum absolute atomic E-state index is 0.156. The Balaban J connectivity index is 1.79. The van der Waals surface area contributed by atoms with E-state index in [0.717, 1.165) is 12.8 Å². The molecular formula is C13H17NO5. The van der Waals surface area contributed by atoms with Crippen LogP contribution in [0.15, 0.2) is 12.3 Å². The van der Waals surface area contributed by atoms with E-state index in [4.69, 9.17) is 4.74 Å². The molecule has 2 fully saturated rings. The van der Waals surface area contributed by atoms with Gasteiger partial charge in [0.1, 0.15) is 11.8 Å². The zero-order valence-corrected chi connectivity index (χ0v) is 10.5. The predicted octanol–water partition coefficient (Wildman–Crippen LogP) is -0.450. The molecule has 0 spiro atoms. The Labute approximate surface area is 110 Å². The molecule has 1 unspecified atom stereocenters. The maximum atomic E-state index is 11.8. The summed E-state index contributed by atoms with van der Waals surface area (Å²) in [6.07, 6.45) is 3.32. The second-order valence-corrected chi connectivity index (χ2v) is 5.47. The predicted molar refractivity (Wildman–Crippen MR) is 63.6 cm³/mol. The summed E-state index contributed by atoms with van der Waals surface area (Å²) in [4.78, 5) is 24.3. The lowest BCUT2D eigenvalue weighted by Crippen LogP contribution is -2.46. The van der Waals surface area contributed by atoms with Gasteiger partial charge in [-0.2, -0.15) is 0 Å². The van der Waals surface area contributed by atoms with Gasteiger partial charge in [-0.15, -0.1) is 0 Å². The van der Waals surface area contributed by atoms with Crippen LogP contribution in [0.4, 0.5) is 0 Å². The molecule has 3 aliphatic rings. The van der Waals surface area contributed by atoms with E-state index < -0.39 is 17.9 Å². The van der Waals surface area contributed by atoms with Crippen LogP contribution >= 0.6 is 0 Å². The normalized spacial score (nSPS) is 39.2. The van der Waals surface area contributed by atoms with Crippen LogP contribution in [0.2, 0.25) is 0 Å². The van der Waals surface area contributed by atoms with Gasteiger partial charge < -0.3 is 14.9 Å². The fourth-order valence-electron chi connectivity index (χ4n) is 2.96. The summed E-state index contributed by atoms with van der Waals surface area (Å²) in [5.41, 5.74) is -0.944. The van der Waals surface area contributed by atoms with Gasteiger partial charge in [-0.25, -0.2) is 0 Å². The zero-order valence-electron chi connectivity index (χ0n) is 10.5. The summed E-state index contributed by atoms with van der Waals surface area (Å²) in [5.74, 6) is -0.396. The Kier molecular flexibility index (Phi) is 2.96. The van der Waals surface area contributed by atoms with Gasteiger partial charge in [0.25, 0.3) is 0 Å². The van der Waals surface area contributed by atoms with Crippen molar-refractivity contribution in [3.05, 3.63) is 12.3 Å². The van der Waals surface area contributed by atoms with E-state index in [1.807, 2.05) is 0 Å². The van der Waals surface area contributed by atoms with Crippen LogP contribution in [-0.2, 0) is 14.3 Å². The number of aliphatic hydroxyl groups excluding tert-OH is 2. The fourth-order valence-corrected chi connectivity index (χ4v) is 2.96. The Bertz CT molecular complexity index is 444. The molecule has 3 atom stereocenters. The Morgan fingerprint density at radius 3 is 2.74 bits per heavy atom. The van der Waals surface area contributed by atoms with Crippen molar-refractivity contribution < 1.29 is 24.5 Å². The number of hydrogen-bond donors (Lipinski definition) is 2. The fraction of sp³-hybridized carbons (Fsp3) is 0.692. The maximum Gasteiger partial charge on any atom is 0.236 e. The van der Waals surface area contributed by atoms with E-state index in [9.17, 15) is 19.8 Å². The van der Waals surface area contributed by atoms with Gasteiger partial charge in [0.05, 0.1) is 19.1 Å². The van der Waals surface area contributed by atoms with Gasteiger partial charge in [-0.3, -0.25) is 14.5 Å². The molecule has 1 saturated carbocycles. The molecule has 19 heavy (non-hydrogen) atoms. The van der Waals surface area contributed by atoms with Crippen LogP contribution in [-0.4, -0.2) is 51.3 Å². The third-order valence-electron chi connectivity index (χ3n) is 4.20. The van der Waals surface area contributed by atoms with E-state index in [1.165, 1.54) is 17.2 Å². The van der Waals surface area contributed by atoms with Crippen LogP contribution < -0.4 is 0 Å². The van der Waals surface area contributed by atoms with E-state index in [1.54, 1.807) is 0 Å². The SMILES string of the molecule is O=C1C=CN(C2C[C@H](O)[C@](CO)(C3CC3)O2)C(=O)C1. The minimum atomic E-state index is -0.944. The smallest absolute Gasteiger partial charge is 0.236 e. The number of amides is 1. The molecule has 6 nitrogen and oxygen atoms in total. The van der Waals surface area contributed by atoms with Crippen LogP contribution in [0.3, 0.4) is 0 Å². The number of allylic oxidation sites excluding steroid dienone is 1. The highest BCUT2D eigenvalue weighted by molar-refractivity contribution is 6.06. The summed E-state index contributed by atoms with van der Waals surface area (Å²) in [5, 5.41) is 19.7. The van der Waals surface area contributed by atoms with Crippen LogP contribution in [0, 0.1) is 5.92 Å². The van der Waals surface area contributed by atoms with Gasteiger partial charge >= 0.3 is 0 Å². The molecule has 0 radical (unpaired) electrons. The number of ketones is 1. The number of ether oxygens (including phenoxy) is 1. The highest BCUT2D eigenvalue weighted by atomic mass is 16.6. The molecular weight excluding hydrogens is 250 g/mol. The molecule has 104 valence electrons. The minimum Gasteiger partial charge on any atom is -0.393 e.